The minimum Gasteiger partial charge on any atom is -0.477 e. The first-order chi connectivity index (χ1) is 17.9. The topological polar surface area (TPSA) is 80.5 Å². The van der Waals surface area contributed by atoms with Crippen LogP contribution in [0.2, 0.25) is 0 Å². The lowest BCUT2D eigenvalue weighted by Gasteiger charge is -2.32. The standard InChI is InChI=1S/C28H26F2N4O3/c1-33-15-19(14-31-33)21-11-16-4-2-8-34(24(16)13-22(21)26(29)30)27-20-7-6-17(25-5-3-9-37-25)10-18(20)12-23(32-27)28(35)36/h6-7,10-15,25-26H,2-5,8-9H2,1H3,(H,35,36). The molecule has 1 N–H and O–H groups in total. The van der Waals surface area contributed by atoms with E-state index in [2.05, 4.69) is 10.1 Å². The number of halogens is 2. The largest absolute Gasteiger partial charge is 0.477 e. The van der Waals surface area contributed by atoms with Gasteiger partial charge in [0.1, 0.15) is 5.82 Å². The normalized spacial score (nSPS) is 17.5. The number of fused-ring (bicyclic) bond motifs is 2. The summed E-state index contributed by atoms with van der Waals surface area (Å²) in [5, 5.41) is 15.5. The van der Waals surface area contributed by atoms with Crippen molar-refractivity contribution >= 4 is 28.2 Å². The number of carbonyl (C=O) groups is 1. The molecule has 2 aromatic heterocycles. The van der Waals surface area contributed by atoms with Gasteiger partial charge in [0.05, 0.1) is 12.3 Å². The lowest BCUT2D eigenvalue weighted by Crippen LogP contribution is -2.26. The van der Waals surface area contributed by atoms with Crippen molar-refractivity contribution in [3.8, 4) is 11.1 Å². The van der Waals surface area contributed by atoms with Gasteiger partial charge < -0.3 is 14.7 Å². The first-order valence-corrected chi connectivity index (χ1v) is 12.4. The Labute approximate surface area is 212 Å². The lowest BCUT2D eigenvalue weighted by atomic mass is 9.92. The third-order valence-electron chi connectivity index (χ3n) is 7.23. The summed E-state index contributed by atoms with van der Waals surface area (Å²) in [6.45, 7) is 1.25. The first kappa shape index (κ1) is 23.5. The number of benzene rings is 2. The van der Waals surface area contributed by atoms with Crippen LogP contribution in [-0.2, 0) is 18.2 Å². The molecule has 1 unspecified atom stereocenters. The highest BCUT2D eigenvalue weighted by Crippen LogP contribution is 2.43. The second-order valence-corrected chi connectivity index (χ2v) is 9.65. The van der Waals surface area contributed by atoms with Gasteiger partial charge in [0, 0.05) is 48.6 Å². The molecule has 4 aromatic rings. The van der Waals surface area contributed by atoms with Crippen LogP contribution in [0.4, 0.5) is 20.3 Å². The van der Waals surface area contributed by atoms with Crippen LogP contribution in [-0.4, -0.2) is 39.0 Å². The number of carboxylic acid groups (broad SMARTS) is 1. The van der Waals surface area contributed by atoms with Crippen LogP contribution in [0, 0.1) is 0 Å². The molecule has 1 fully saturated rings. The van der Waals surface area contributed by atoms with Crippen molar-refractivity contribution in [3.05, 3.63) is 71.2 Å². The molecular weight excluding hydrogens is 478 g/mol. The highest BCUT2D eigenvalue weighted by Gasteiger charge is 2.27. The molecule has 4 heterocycles. The van der Waals surface area contributed by atoms with Crippen molar-refractivity contribution in [3.63, 3.8) is 0 Å². The molecule has 2 aromatic carbocycles. The molecule has 0 bridgehead atoms. The summed E-state index contributed by atoms with van der Waals surface area (Å²) in [6.07, 6.45) is 4.03. The molecule has 0 radical (unpaired) electrons. The van der Waals surface area contributed by atoms with E-state index in [0.717, 1.165) is 47.6 Å². The van der Waals surface area contributed by atoms with Gasteiger partial charge in [-0.15, -0.1) is 0 Å². The zero-order chi connectivity index (χ0) is 25.7. The fourth-order valence-corrected chi connectivity index (χ4v) is 5.47. The van der Waals surface area contributed by atoms with E-state index in [9.17, 15) is 18.7 Å². The molecule has 0 amide bonds. The average Bonchev–Trinajstić information content (AvgIpc) is 3.59. The van der Waals surface area contributed by atoms with Gasteiger partial charge in [-0.3, -0.25) is 4.68 Å². The van der Waals surface area contributed by atoms with Gasteiger partial charge in [-0.1, -0.05) is 12.1 Å². The second-order valence-electron chi connectivity index (χ2n) is 9.65. The van der Waals surface area contributed by atoms with E-state index in [0.29, 0.717) is 35.8 Å². The van der Waals surface area contributed by atoms with Crippen molar-refractivity contribution in [2.45, 2.75) is 38.2 Å². The second kappa shape index (κ2) is 9.23. The van der Waals surface area contributed by atoms with Gasteiger partial charge in [-0.25, -0.2) is 18.6 Å². The number of alkyl halides is 2. The molecule has 1 saturated heterocycles. The molecule has 2 aliphatic rings. The van der Waals surface area contributed by atoms with E-state index in [1.807, 2.05) is 29.2 Å². The van der Waals surface area contributed by atoms with Gasteiger partial charge in [0.25, 0.3) is 6.43 Å². The Morgan fingerprint density at radius 1 is 1.19 bits per heavy atom. The first-order valence-electron chi connectivity index (χ1n) is 12.4. The van der Waals surface area contributed by atoms with E-state index in [4.69, 9.17) is 4.74 Å². The predicted octanol–water partition coefficient (Wildman–Crippen LogP) is 6.21. The van der Waals surface area contributed by atoms with Gasteiger partial charge in [0.2, 0.25) is 0 Å². The smallest absolute Gasteiger partial charge is 0.354 e. The monoisotopic (exact) mass is 504 g/mol. The van der Waals surface area contributed by atoms with Crippen LogP contribution >= 0.6 is 0 Å². The summed E-state index contributed by atoms with van der Waals surface area (Å²) in [5.74, 6) is -0.674. The van der Waals surface area contributed by atoms with E-state index in [-0.39, 0.29) is 17.4 Å². The van der Waals surface area contributed by atoms with Crippen LogP contribution in [0.1, 0.15) is 59.0 Å². The molecule has 0 spiro atoms. The number of aryl methyl sites for hydroxylation is 2. The minimum absolute atomic E-state index is 0.00972. The van der Waals surface area contributed by atoms with Crippen LogP contribution in [0.3, 0.4) is 0 Å². The Hall–Kier alpha value is -3.85. The third kappa shape index (κ3) is 4.23. The van der Waals surface area contributed by atoms with Crippen LogP contribution < -0.4 is 4.90 Å². The Balaban J connectivity index is 1.52. The van der Waals surface area contributed by atoms with Crippen LogP contribution in [0.15, 0.2) is 48.8 Å². The molecule has 7 nitrogen and oxygen atoms in total. The van der Waals surface area contributed by atoms with Crippen LogP contribution in [0.25, 0.3) is 21.9 Å². The number of ether oxygens (including phenoxy) is 1. The molecule has 37 heavy (non-hydrogen) atoms. The van der Waals surface area contributed by atoms with Gasteiger partial charge >= 0.3 is 5.97 Å². The molecule has 6 rings (SSSR count). The maximum absolute atomic E-state index is 14.3. The Kier molecular flexibility index (Phi) is 5.87. The Bertz CT molecular complexity index is 1510. The Morgan fingerprint density at radius 3 is 2.76 bits per heavy atom. The number of carboxylic acids is 1. The number of rotatable bonds is 5. The Morgan fingerprint density at radius 2 is 2.05 bits per heavy atom. The fourth-order valence-electron chi connectivity index (χ4n) is 5.47. The van der Waals surface area contributed by atoms with E-state index >= 15 is 0 Å². The van der Waals surface area contributed by atoms with Crippen molar-refractivity contribution < 1.29 is 23.4 Å². The summed E-state index contributed by atoms with van der Waals surface area (Å²) in [6, 6.07) is 10.8. The molecule has 1 atom stereocenters. The number of aromatic nitrogens is 3. The summed E-state index contributed by atoms with van der Waals surface area (Å²) in [7, 11) is 1.75. The van der Waals surface area contributed by atoms with E-state index < -0.39 is 12.4 Å². The van der Waals surface area contributed by atoms with Crippen molar-refractivity contribution in [1.29, 1.82) is 0 Å². The lowest BCUT2D eigenvalue weighted by molar-refractivity contribution is 0.0690. The molecule has 0 saturated carbocycles. The third-order valence-corrected chi connectivity index (χ3v) is 7.23. The average molecular weight is 505 g/mol. The summed E-state index contributed by atoms with van der Waals surface area (Å²) >= 11 is 0. The number of anilines is 2. The summed E-state index contributed by atoms with van der Waals surface area (Å²) in [5.41, 5.74) is 3.48. The number of hydrogen-bond acceptors (Lipinski definition) is 5. The number of pyridine rings is 1. The number of aromatic carboxylic acids is 1. The number of hydrogen-bond donors (Lipinski definition) is 1. The van der Waals surface area contributed by atoms with Gasteiger partial charge in [0.15, 0.2) is 5.69 Å². The molecule has 0 aliphatic carbocycles. The highest BCUT2D eigenvalue weighted by molar-refractivity contribution is 6.00. The summed E-state index contributed by atoms with van der Waals surface area (Å²) < 4.78 is 36.0. The fraction of sp³-hybridized carbons (Fsp3) is 0.321. The molecular formula is C28H26F2N4O3. The number of nitrogens with zero attached hydrogens (tertiary/aromatic N) is 4. The SMILES string of the molecule is Cn1cc(-c2cc3c(cc2C(F)F)N(c2nc(C(=O)O)cc4cc(C5CCCO5)ccc24)CCC3)cn1. The van der Waals surface area contributed by atoms with E-state index in [1.54, 1.807) is 30.2 Å². The molecule has 2 aliphatic heterocycles. The zero-order valence-electron chi connectivity index (χ0n) is 20.3. The summed E-state index contributed by atoms with van der Waals surface area (Å²) in [4.78, 5) is 18.4. The van der Waals surface area contributed by atoms with Gasteiger partial charge in [-0.05, 0) is 72.0 Å². The van der Waals surface area contributed by atoms with Crippen molar-refractivity contribution in [2.24, 2.45) is 7.05 Å². The molecule has 190 valence electrons. The maximum Gasteiger partial charge on any atom is 0.354 e. The van der Waals surface area contributed by atoms with Crippen molar-refractivity contribution in [1.82, 2.24) is 14.8 Å². The molecule has 9 heteroatoms. The predicted molar refractivity (Wildman–Crippen MR) is 136 cm³/mol. The maximum atomic E-state index is 14.3. The van der Waals surface area contributed by atoms with Gasteiger partial charge in [-0.2, -0.15) is 5.10 Å². The van der Waals surface area contributed by atoms with Crippen molar-refractivity contribution in [2.75, 3.05) is 18.1 Å². The minimum atomic E-state index is -2.69. The zero-order valence-corrected chi connectivity index (χ0v) is 20.3. The highest BCUT2D eigenvalue weighted by atomic mass is 19.3. The van der Waals surface area contributed by atoms with Crippen LogP contribution in [0.5, 0.6) is 0 Å². The van der Waals surface area contributed by atoms with E-state index in [1.165, 1.54) is 6.07 Å². The quantitative estimate of drug-likeness (QED) is 0.348.